The summed E-state index contributed by atoms with van der Waals surface area (Å²) in [4.78, 5) is 3.37. The van der Waals surface area contributed by atoms with Crippen molar-refractivity contribution in [2.75, 3.05) is 27.7 Å². The molecule has 0 aliphatic rings. The Balaban J connectivity index is 2.85. The highest BCUT2D eigenvalue weighted by Gasteiger charge is 2.23. The van der Waals surface area contributed by atoms with Crippen LogP contribution in [0.5, 0.6) is 0 Å². The molecule has 1 unspecified atom stereocenters. The van der Waals surface area contributed by atoms with Gasteiger partial charge in [0.05, 0.1) is 4.90 Å². The summed E-state index contributed by atoms with van der Waals surface area (Å²) in [6.45, 7) is 5.42. The summed E-state index contributed by atoms with van der Waals surface area (Å²) in [5.74, 6) is 0.239. The zero-order valence-electron chi connectivity index (χ0n) is 12.8. The Hall–Kier alpha value is -0.470. The zero-order chi connectivity index (χ0) is 15.3. The van der Waals surface area contributed by atoms with Gasteiger partial charge in [-0.15, -0.1) is 11.3 Å². The highest BCUT2D eigenvalue weighted by atomic mass is 32.2. The predicted molar refractivity (Wildman–Crippen MR) is 84.6 cm³/mol. The highest BCUT2D eigenvalue weighted by molar-refractivity contribution is 7.89. The van der Waals surface area contributed by atoms with Crippen LogP contribution in [0.2, 0.25) is 0 Å². The van der Waals surface area contributed by atoms with Crippen molar-refractivity contribution in [3.63, 3.8) is 0 Å². The minimum Gasteiger partial charge on any atom is -0.315 e. The van der Waals surface area contributed by atoms with Gasteiger partial charge in [0.1, 0.15) is 0 Å². The fraction of sp³-hybridized carbons (Fsp3) is 0.692. The van der Waals surface area contributed by atoms with Crippen molar-refractivity contribution in [3.8, 4) is 0 Å². The van der Waals surface area contributed by atoms with Gasteiger partial charge in [0.25, 0.3) is 0 Å². The van der Waals surface area contributed by atoms with Crippen molar-refractivity contribution in [2.45, 2.75) is 31.3 Å². The molecule has 0 spiro atoms. The second-order valence-electron chi connectivity index (χ2n) is 5.51. The van der Waals surface area contributed by atoms with Gasteiger partial charge >= 0.3 is 0 Å². The SMILES string of the molecule is CNCc1cc(S(=O)(=O)NC(CN(C)C)C(C)C)cs1. The average Bonchev–Trinajstić information content (AvgIpc) is 2.77. The Morgan fingerprint density at radius 2 is 2.00 bits per heavy atom. The lowest BCUT2D eigenvalue weighted by Crippen LogP contribution is -2.44. The van der Waals surface area contributed by atoms with Gasteiger partial charge in [0.2, 0.25) is 10.0 Å². The summed E-state index contributed by atoms with van der Waals surface area (Å²) in [6.07, 6.45) is 0. The van der Waals surface area contributed by atoms with Gasteiger partial charge in [-0.2, -0.15) is 0 Å². The van der Waals surface area contributed by atoms with Gasteiger partial charge in [-0.25, -0.2) is 13.1 Å². The standard InChI is InChI=1S/C13H25N3O2S2/c1-10(2)13(8-16(4)5)15-20(17,18)12-6-11(7-14-3)19-9-12/h6,9-10,13-15H,7-8H2,1-5H3. The van der Waals surface area contributed by atoms with Crippen LogP contribution in [0.4, 0.5) is 0 Å². The fourth-order valence-electron chi connectivity index (χ4n) is 1.81. The normalized spacial score (nSPS) is 14.2. The van der Waals surface area contributed by atoms with Crippen molar-refractivity contribution in [3.05, 3.63) is 16.3 Å². The summed E-state index contributed by atoms with van der Waals surface area (Å²) in [7, 11) is 2.29. The molecule has 1 atom stereocenters. The number of hydrogen-bond acceptors (Lipinski definition) is 5. The van der Waals surface area contributed by atoms with Crippen molar-refractivity contribution >= 4 is 21.4 Å². The molecule has 116 valence electrons. The predicted octanol–water partition coefficient (Wildman–Crippen LogP) is 1.33. The number of nitrogens with one attached hydrogen (secondary N) is 2. The van der Waals surface area contributed by atoms with Gasteiger partial charge in [0.15, 0.2) is 0 Å². The Kier molecular flexibility index (Phi) is 6.60. The second kappa shape index (κ2) is 7.51. The molecule has 1 aromatic rings. The number of sulfonamides is 1. The van der Waals surface area contributed by atoms with Crippen LogP contribution in [0, 0.1) is 5.92 Å². The van der Waals surface area contributed by atoms with E-state index in [1.807, 2.05) is 39.9 Å². The van der Waals surface area contributed by atoms with Gasteiger partial charge in [-0.1, -0.05) is 13.8 Å². The molecule has 7 heteroatoms. The quantitative estimate of drug-likeness (QED) is 0.759. The Morgan fingerprint density at radius 3 is 2.50 bits per heavy atom. The molecule has 1 heterocycles. The lowest BCUT2D eigenvalue weighted by atomic mass is 10.1. The minimum atomic E-state index is -3.44. The first-order chi connectivity index (χ1) is 9.26. The summed E-state index contributed by atoms with van der Waals surface area (Å²) >= 11 is 1.46. The van der Waals surface area contributed by atoms with Crippen LogP contribution < -0.4 is 10.0 Å². The number of rotatable bonds is 8. The topological polar surface area (TPSA) is 61.4 Å². The van der Waals surface area contributed by atoms with Gasteiger partial charge in [-0.3, -0.25) is 0 Å². The van der Waals surface area contributed by atoms with Crippen LogP contribution in [0.3, 0.4) is 0 Å². The number of thiophene rings is 1. The third-order valence-electron chi connectivity index (χ3n) is 2.96. The van der Waals surface area contributed by atoms with Crippen molar-refractivity contribution in [1.82, 2.24) is 14.9 Å². The molecule has 0 bridgehead atoms. The van der Waals surface area contributed by atoms with Crippen LogP contribution in [-0.4, -0.2) is 47.0 Å². The van der Waals surface area contributed by atoms with Crippen LogP contribution in [0.1, 0.15) is 18.7 Å². The average molecular weight is 319 g/mol. The maximum atomic E-state index is 12.4. The Morgan fingerprint density at radius 1 is 1.35 bits per heavy atom. The van der Waals surface area contributed by atoms with E-state index in [9.17, 15) is 8.42 Å². The molecule has 0 aliphatic carbocycles. The first kappa shape index (κ1) is 17.6. The molecule has 0 saturated carbocycles. The zero-order valence-corrected chi connectivity index (χ0v) is 14.4. The molecule has 1 aromatic heterocycles. The third kappa shape index (κ3) is 5.14. The molecule has 0 radical (unpaired) electrons. The van der Waals surface area contributed by atoms with Crippen molar-refractivity contribution < 1.29 is 8.42 Å². The van der Waals surface area contributed by atoms with E-state index in [4.69, 9.17) is 0 Å². The van der Waals surface area contributed by atoms with E-state index in [1.54, 1.807) is 11.4 Å². The molecule has 0 saturated heterocycles. The number of likely N-dealkylation sites (N-methyl/N-ethyl adjacent to an activating group) is 1. The molecule has 1 rings (SSSR count). The van der Waals surface area contributed by atoms with E-state index in [0.29, 0.717) is 18.0 Å². The number of nitrogens with zero attached hydrogens (tertiary/aromatic N) is 1. The summed E-state index contributed by atoms with van der Waals surface area (Å²) in [5, 5.41) is 4.72. The molecule has 5 nitrogen and oxygen atoms in total. The summed E-state index contributed by atoms with van der Waals surface area (Å²) < 4.78 is 27.6. The lowest BCUT2D eigenvalue weighted by Gasteiger charge is -2.25. The second-order valence-corrected chi connectivity index (χ2v) is 8.22. The van der Waals surface area contributed by atoms with E-state index in [-0.39, 0.29) is 12.0 Å². The number of hydrogen-bond donors (Lipinski definition) is 2. The van der Waals surface area contributed by atoms with Gasteiger partial charge in [0, 0.05) is 29.4 Å². The Labute approximate surface area is 126 Å². The molecular formula is C13H25N3O2S2. The third-order valence-corrected chi connectivity index (χ3v) is 5.52. The van der Waals surface area contributed by atoms with E-state index in [2.05, 4.69) is 10.0 Å². The molecular weight excluding hydrogens is 294 g/mol. The van der Waals surface area contributed by atoms with Crippen LogP contribution in [0.25, 0.3) is 0 Å². The molecule has 0 fully saturated rings. The highest BCUT2D eigenvalue weighted by Crippen LogP contribution is 2.20. The van der Waals surface area contributed by atoms with Crippen molar-refractivity contribution in [1.29, 1.82) is 0 Å². The molecule has 20 heavy (non-hydrogen) atoms. The van der Waals surface area contributed by atoms with Crippen LogP contribution >= 0.6 is 11.3 Å². The minimum absolute atomic E-state index is 0.0948. The van der Waals surface area contributed by atoms with E-state index < -0.39 is 10.0 Å². The van der Waals surface area contributed by atoms with E-state index in [1.165, 1.54) is 11.3 Å². The Bertz CT molecular complexity index is 509. The first-order valence-corrected chi connectivity index (χ1v) is 9.01. The molecule has 0 aliphatic heterocycles. The summed E-state index contributed by atoms with van der Waals surface area (Å²) in [6, 6.07) is 1.64. The maximum absolute atomic E-state index is 12.4. The largest absolute Gasteiger partial charge is 0.315 e. The maximum Gasteiger partial charge on any atom is 0.241 e. The van der Waals surface area contributed by atoms with Crippen molar-refractivity contribution in [2.24, 2.45) is 5.92 Å². The monoisotopic (exact) mass is 319 g/mol. The fourth-order valence-corrected chi connectivity index (χ4v) is 4.48. The van der Waals surface area contributed by atoms with Gasteiger partial charge in [-0.05, 0) is 33.1 Å². The molecule has 0 aromatic carbocycles. The van der Waals surface area contributed by atoms with Crippen LogP contribution in [-0.2, 0) is 16.6 Å². The first-order valence-electron chi connectivity index (χ1n) is 6.65. The molecule has 2 N–H and O–H groups in total. The van der Waals surface area contributed by atoms with E-state index in [0.717, 1.165) is 4.88 Å². The smallest absolute Gasteiger partial charge is 0.241 e. The lowest BCUT2D eigenvalue weighted by molar-refractivity contribution is 0.314. The summed E-state index contributed by atoms with van der Waals surface area (Å²) in [5.41, 5.74) is 0. The molecule has 0 amide bonds. The van der Waals surface area contributed by atoms with Gasteiger partial charge < -0.3 is 10.2 Å². The van der Waals surface area contributed by atoms with E-state index >= 15 is 0 Å². The van der Waals surface area contributed by atoms with Crippen LogP contribution in [0.15, 0.2) is 16.3 Å².